The molecule has 0 atom stereocenters. The Hall–Kier alpha value is -4.88. The third-order valence-corrected chi connectivity index (χ3v) is 12.7. The minimum absolute atomic E-state index is 0.0606. The van der Waals surface area contributed by atoms with Crippen molar-refractivity contribution in [2.75, 3.05) is 4.90 Å². The van der Waals surface area contributed by atoms with Crippen LogP contribution in [0.4, 0.5) is 17.1 Å². The van der Waals surface area contributed by atoms with Crippen LogP contribution in [0, 0.1) is 0 Å². The van der Waals surface area contributed by atoms with Gasteiger partial charge in [0, 0.05) is 22.5 Å². The molecule has 3 aliphatic carbocycles. The Balaban J connectivity index is 1.05. The van der Waals surface area contributed by atoms with Gasteiger partial charge in [-0.15, -0.1) is 0 Å². The zero-order valence-electron chi connectivity index (χ0n) is 31.0. The summed E-state index contributed by atoms with van der Waals surface area (Å²) < 4.78 is 0. The Bertz CT molecular complexity index is 2040. The highest BCUT2D eigenvalue weighted by Crippen LogP contribution is 2.50. The van der Waals surface area contributed by atoms with Crippen LogP contribution in [0.3, 0.4) is 0 Å². The summed E-state index contributed by atoms with van der Waals surface area (Å²) in [4.78, 5) is 2.44. The molecule has 0 unspecified atom stereocenters. The minimum Gasteiger partial charge on any atom is -0.310 e. The van der Waals surface area contributed by atoms with Crippen molar-refractivity contribution in [3.8, 4) is 33.4 Å². The van der Waals surface area contributed by atoms with Crippen LogP contribution in [0.5, 0.6) is 0 Å². The van der Waals surface area contributed by atoms with Crippen LogP contribution in [0.15, 0.2) is 140 Å². The van der Waals surface area contributed by atoms with Gasteiger partial charge in [-0.25, -0.2) is 0 Å². The summed E-state index contributed by atoms with van der Waals surface area (Å²) in [6.45, 7) is 4.74. The van der Waals surface area contributed by atoms with E-state index < -0.39 is 0 Å². The molecule has 0 spiro atoms. The van der Waals surface area contributed by atoms with Gasteiger partial charge in [-0.2, -0.15) is 0 Å². The molecule has 6 aromatic rings. The molecule has 2 fully saturated rings. The molecule has 0 aromatic heterocycles. The van der Waals surface area contributed by atoms with Gasteiger partial charge in [0.2, 0.25) is 0 Å². The number of hydrogen-bond donors (Lipinski definition) is 0. The molecule has 1 heteroatoms. The van der Waals surface area contributed by atoms with E-state index in [0.717, 1.165) is 11.8 Å². The molecule has 0 N–H and O–H groups in total. The Morgan fingerprint density at radius 1 is 0.404 bits per heavy atom. The Labute approximate surface area is 311 Å². The third kappa shape index (κ3) is 6.19. The lowest BCUT2D eigenvalue weighted by Crippen LogP contribution is -2.16. The van der Waals surface area contributed by atoms with Gasteiger partial charge < -0.3 is 4.90 Å². The molecule has 9 rings (SSSR count). The van der Waals surface area contributed by atoms with Crippen LogP contribution in [0.2, 0.25) is 0 Å². The first kappa shape index (κ1) is 33.0. The summed E-state index contributed by atoms with van der Waals surface area (Å²) in [6.07, 6.45) is 13.6. The SMILES string of the molecule is CC1(C)c2ccccc2-c2ccc(N(c3ccc(-c4ccc(C5CCCCC5)cc4)cc3)c3ccc(-c4ccc(C5CCCCC5)cc4)cc3)cc21. The first-order valence-corrected chi connectivity index (χ1v) is 20.0. The zero-order chi connectivity index (χ0) is 35.1. The molecule has 0 saturated heterocycles. The molecule has 2 saturated carbocycles. The van der Waals surface area contributed by atoms with Crippen LogP contribution in [-0.4, -0.2) is 0 Å². The molecular weight excluding hydrogens is 627 g/mol. The Kier molecular flexibility index (Phi) is 8.83. The molecular formula is C51H51N. The maximum Gasteiger partial charge on any atom is 0.0465 e. The lowest BCUT2D eigenvalue weighted by molar-refractivity contribution is 0.443. The normalized spacial score (nSPS) is 17.0. The number of rotatable bonds is 7. The highest BCUT2D eigenvalue weighted by molar-refractivity contribution is 5.86. The monoisotopic (exact) mass is 677 g/mol. The summed E-state index contributed by atoms with van der Waals surface area (Å²) in [5.74, 6) is 1.47. The lowest BCUT2D eigenvalue weighted by atomic mass is 9.82. The standard InChI is InChI=1S/C51H51N/c1-51(2)49-16-10-9-15-47(49)48-34-33-46(35-50(48)51)52(44-29-25-42(26-30-44)40-21-17-38(18-22-40)36-11-5-3-6-12-36)45-31-27-43(28-32-45)41-23-19-39(20-24-41)37-13-7-4-8-14-37/h9-10,15-37H,3-8,11-14H2,1-2H3. The van der Waals surface area contributed by atoms with Crippen molar-refractivity contribution in [3.05, 3.63) is 162 Å². The summed E-state index contributed by atoms with van der Waals surface area (Å²) >= 11 is 0. The van der Waals surface area contributed by atoms with Gasteiger partial charge >= 0.3 is 0 Å². The Morgan fingerprint density at radius 2 is 0.808 bits per heavy atom. The predicted octanol–water partition coefficient (Wildman–Crippen LogP) is 14.9. The second-order valence-electron chi connectivity index (χ2n) is 16.2. The van der Waals surface area contributed by atoms with Crippen molar-refractivity contribution in [3.63, 3.8) is 0 Å². The van der Waals surface area contributed by atoms with Crippen molar-refractivity contribution in [2.45, 2.75) is 95.3 Å². The predicted molar refractivity (Wildman–Crippen MR) is 221 cm³/mol. The number of fused-ring (bicyclic) bond motifs is 3. The fourth-order valence-electron chi connectivity index (χ4n) is 9.65. The van der Waals surface area contributed by atoms with E-state index in [1.807, 2.05) is 0 Å². The van der Waals surface area contributed by atoms with Gasteiger partial charge in [-0.1, -0.05) is 156 Å². The van der Waals surface area contributed by atoms with Gasteiger partial charge in [-0.05, 0) is 130 Å². The van der Waals surface area contributed by atoms with E-state index in [1.54, 1.807) is 0 Å². The Morgan fingerprint density at radius 3 is 1.29 bits per heavy atom. The smallest absolute Gasteiger partial charge is 0.0465 e. The molecule has 52 heavy (non-hydrogen) atoms. The summed E-state index contributed by atoms with van der Waals surface area (Å²) in [5, 5.41) is 0. The van der Waals surface area contributed by atoms with Gasteiger partial charge in [-0.3, -0.25) is 0 Å². The molecule has 0 heterocycles. The van der Waals surface area contributed by atoms with Gasteiger partial charge in [0.05, 0.1) is 0 Å². The van der Waals surface area contributed by atoms with Crippen LogP contribution in [0.25, 0.3) is 33.4 Å². The molecule has 1 nitrogen and oxygen atoms in total. The topological polar surface area (TPSA) is 3.24 Å². The highest BCUT2D eigenvalue weighted by atomic mass is 15.1. The van der Waals surface area contributed by atoms with Crippen molar-refractivity contribution >= 4 is 17.1 Å². The van der Waals surface area contributed by atoms with Crippen molar-refractivity contribution in [2.24, 2.45) is 0 Å². The average molecular weight is 678 g/mol. The van der Waals surface area contributed by atoms with E-state index in [2.05, 4.69) is 158 Å². The van der Waals surface area contributed by atoms with Crippen molar-refractivity contribution < 1.29 is 0 Å². The first-order valence-electron chi connectivity index (χ1n) is 20.0. The van der Waals surface area contributed by atoms with Gasteiger partial charge in [0.25, 0.3) is 0 Å². The molecule has 0 radical (unpaired) electrons. The third-order valence-electron chi connectivity index (χ3n) is 12.7. The van der Waals surface area contributed by atoms with E-state index in [9.17, 15) is 0 Å². The molecule has 0 bridgehead atoms. The number of hydrogen-bond acceptors (Lipinski definition) is 1. The first-order chi connectivity index (χ1) is 25.5. The van der Waals surface area contributed by atoms with Crippen LogP contribution < -0.4 is 4.90 Å². The quantitative estimate of drug-likeness (QED) is 0.163. The molecule has 260 valence electrons. The van der Waals surface area contributed by atoms with E-state index in [4.69, 9.17) is 0 Å². The lowest BCUT2D eigenvalue weighted by Gasteiger charge is -2.28. The summed E-state index contributed by atoms with van der Waals surface area (Å²) in [5.41, 5.74) is 17.1. The van der Waals surface area contributed by atoms with Gasteiger partial charge in [0.15, 0.2) is 0 Å². The number of nitrogens with zero attached hydrogens (tertiary/aromatic N) is 1. The summed E-state index contributed by atoms with van der Waals surface area (Å²) in [6, 6.07) is 53.2. The second kappa shape index (κ2) is 13.9. The number of anilines is 3. The molecule has 0 aliphatic heterocycles. The fraction of sp³-hybridized carbons (Fsp3) is 0.294. The summed E-state index contributed by atoms with van der Waals surface area (Å²) in [7, 11) is 0. The van der Waals surface area contributed by atoms with E-state index in [-0.39, 0.29) is 5.41 Å². The van der Waals surface area contributed by atoms with E-state index in [0.29, 0.717) is 0 Å². The average Bonchev–Trinajstić information content (AvgIpc) is 3.45. The maximum absolute atomic E-state index is 2.44. The van der Waals surface area contributed by atoms with E-state index in [1.165, 1.54) is 137 Å². The maximum atomic E-state index is 2.44. The largest absolute Gasteiger partial charge is 0.310 e. The van der Waals surface area contributed by atoms with Crippen LogP contribution in [-0.2, 0) is 5.41 Å². The number of benzene rings is 6. The highest BCUT2D eigenvalue weighted by Gasteiger charge is 2.35. The van der Waals surface area contributed by atoms with Crippen molar-refractivity contribution in [1.82, 2.24) is 0 Å². The second-order valence-corrected chi connectivity index (χ2v) is 16.2. The minimum atomic E-state index is -0.0606. The van der Waals surface area contributed by atoms with E-state index >= 15 is 0 Å². The molecule has 6 aromatic carbocycles. The zero-order valence-corrected chi connectivity index (χ0v) is 31.0. The molecule has 0 amide bonds. The van der Waals surface area contributed by atoms with Crippen LogP contribution >= 0.6 is 0 Å². The fourth-order valence-corrected chi connectivity index (χ4v) is 9.65. The van der Waals surface area contributed by atoms with Crippen LogP contribution in [0.1, 0.15) is 112 Å². The molecule has 3 aliphatic rings. The van der Waals surface area contributed by atoms with Gasteiger partial charge in [0.1, 0.15) is 0 Å². The van der Waals surface area contributed by atoms with Crippen molar-refractivity contribution in [1.29, 1.82) is 0 Å².